The van der Waals surface area contributed by atoms with Gasteiger partial charge in [0.15, 0.2) is 11.6 Å². The lowest BCUT2D eigenvalue weighted by molar-refractivity contribution is -0.140. The highest BCUT2D eigenvalue weighted by molar-refractivity contribution is 7.88. The fraction of sp³-hybridized carbons (Fsp3) is 0.533. The Morgan fingerprint density at radius 1 is 1.07 bits per heavy atom. The van der Waals surface area contributed by atoms with E-state index >= 15 is 0 Å². The van der Waals surface area contributed by atoms with Crippen LogP contribution in [0.15, 0.2) is 36.4 Å². The average molecular weight is 625 g/mol. The lowest BCUT2D eigenvalue weighted by Crippen LogP contribution is -2.53. The normalized spacial score (nSPS) is 20.3. The number of amides is 2. The molecular formula is C30H39F3N4O5S. The number of rotatable bonds is 12. The van der Waals surface area contributed by atoms with Gasteiger partial charge >= 0.3 is 0 Å². The van der Waals surface area contributed by atoms with Crippen molar-refractivity contribution in [1.29, 1.82) is 0 Å². The van der Waals surface area contributed by atoms with Crippen molar-refractivity contribution in [3.8, 4) is 0 Å². The van der Waals surface area contributed by atoms with Crippen LogP contribution in [0, 0.1) is 30.3 Å². The number of carbonyl (C=O) groups is 2. The van der Waals surface area contributed by atoms with E-state index in [2.05, 4.69) is 15.4 Å². The standard InChI is InChI=1S/C30H39F3N4O5S/c1-19-3-6-22(25(32)13-19)18-42-23-15-28(29(38)35-16-21-4-7-24(31)26(33)14-21)37(17-23)30(39)27(36-43(2,40)41)8-5-20-9-11-34-12-10-20/h3-4,6-7,13-14,20,23,27-28,34,36H,5,8-12,15-18H2,1-2H3,(H,35,38)/t23-,27-,28+/m1/s1. The first-order valence-corrected chi connectivity index (χ1v) is 16.4. The van der Waals surface area contributed by atoms with Crippen LogP contribution in [0.4, 0.5) is 13.2 Å². The van der Waals surface area contributed by atoms with Gasteiger partial charge in [-0.25, -0.2) is 26.3 Å². The second kappa shape index (κ2) is 14.7. The van der Waals surface area contributed by atoms with Crippen LogP contribution in [-0.4, -0.2) is 69.2 Å². The first-order chi connectivity index (χ1) is 20.4. The molecule has 0 radical (unpaired) electrons. The largest absolute Gasteiger partial charge is 0.371 e. The Hall–Kier alpha value is -3.00. The van der Waals surface area contributed by atoms with Crippen molar-refractivity contribution < 1.29 is 35.9 Å². The molecule has 3 N–H and O–H groups in total. The number of benzene rings is 2. The van der Waals surface area contributed by atoms with Crippen LogP contribution in [0.5, 0.6) is 0 Å². The predicted octanol–water partition coefficient (Wildman–Crippen LogP) is 2.91. The number of likely N-dealkylation sites (tertiary alicyclic amines) is 1. The third-order valence-corrected chi connectivity index (χ3v) is 8.67. The Morgan fingerprint density at radius 3 is 2.49 bits per heavy atom. The number of halogens is 3. The summed E-state index contributed by atoms with van der Waals surface area (Å²) in [6.07, 6.45) is 3.17. The highest BCUT2D eigenvalue weighted by Gasteiger charge is 2.42. The van der Waals surface area contributed by atoms with Crippen LogP contribution in [0.3, 0.4) is 0 Å². The predicted molar refractivity (Wildman–Crippen MR) is 155 cm³/mol. The molecule has 2 amide bonds. The first-order valence-electron chi connectivity index (χ1n) is 14.5. The number of ether oxygens (including phenoxy) is 1. The maximum Gasteiger partial charge on any atom is 0.243 e. The molecule has 0 unspecified atom stereocenters. The maximum atomic E-state index is 14.4. The van der Waals surface area contributed by atoms with Gasteiger partial charge in [-0.05, 0) is 80.9 Å². The number of hydrogen-bond donors (Lipinski definition) is 3. The average Bonchev–Trinajstić information content (AvgIpc) is 3.39. The number of nitrogens with one attached hydrogen (secondary N) is 3. The van der Waals surface area contributed by atoms with Crippen LogP contribution in [-0.2, 0) is 37.5 Å². The molecule has 2 aliphatic rings. The summed E-state index contributed by atoms with van der Waals surface area (Å²) >= 11 is 0. The second-order valence-electron chi connectivity index (χ2n) is 11.4. The topological polar surface area (TPSA) is 117 Å². The van der Waals surface area contributed by atoms with Crippen molar-refractivity contribution in [2.24, 2.45) is 5.92 Å². The summed E-state index contributed by atoms with van der Waals surface area (Å²) in [5, 5.41) is 5.95. The van der Waals surface area contributed by atoms with E-state index in [9.17, 15) is 31.2 Å². The Bertz CT molecular complexity index is 1400. The number of sulfonamides is 1. The second-order valence-corrected chi connectivity index (χ2v) is 13.2. The Kier molecular flexibility index (Phi) is 11.2. The van der Waals surface area contributed by atoms with E-state index in [1.165, 1.54) is 17.0 Å². The molecule has 13 heteroatoms. The van der Waals surface area contributed by atoms with Gasteiger partial charge in [0.1, 0.15) is 17.9 Å². The molecule has 0 bridgehead atoms. The zero-order chi connectivity index (χ0) is 31.1. The third kappa shape index (κ3) is 9.49. The fourth-order valence-electron chi connectivity index (χ4n) is 5.61. The van der Waals surface area contributed by atoms with Gasteiger partial charge in [0.05, 0.1) is 19.0 Å². The van der Waals surface area contributed by atoms with Gasteiger partial charge in [0.25, 0.3) is 0 Å². The van der Waals surface area contributed by atoms with Crippen molar-refractivity contribution in [3.63, 3.8) is 0 Å². The minimum absolute atomic E-state index is 0.00906. The lowest BCUT2D eigenvalue weighted by Gasteiger charge is -2.30. The van der Waals surface area contributed by atoms with Crippen molar-refractivity contribution in [2.75, 3.05) is 25.9 Å². The van der Waals surface area contributed by atoms with Gasteiger partial charge in [-0.1, -0.05) is 18.2 Å². The van der Waals surface area contributed by atoms with Gasteiger partial charge in [-0.15, -0.1) is 0 Å². The highest BCUT2D eigenvalue weighted by Crippen LogP contribution is 2.26. The monoisotopic (exact) mass is 624 g/mol. The van der Waals surface area contributed by atoms with E-state index in [0.29, 0.717) is 23.5 Å². The van der Waals surface area contributed by atoms with E-state index in [1.54, 1.807) is 19.1 Å². The Balaban J connectivity index is 1.50. The number of carbonyl (C=O) groups excluding carboxylic acids is 2. The number of piperidine rings is 1. The van der Waals surface area contributed by atoms with Gasteiger partial charge in [0.2, 0.25) is 21.8 Å². The minimum atomic E-state index is -3.76. The molecule has 2 heterocycles. The third-order valence-electron chi connectivity index (χ3n) is 7.96. The lowest BCUT2D eigenvalue weighted by atomic mass is 9.91. The smallest absolute Gasteiger partial charge is 0.243 e. The fourth-order valence-corrected chi connectivity index (χ4v) is 6.34. The van der Waals surface area contributed by atoms with E-state index in [4.69, 9.17) is 4.74 Å². The molecule has 2 saturated heterocycles. The molecule has 0 saturated carbocycles. The quantitative estimate of drug-likeness (QED) is 0.335. The number of nitrogens with zero attached hydrogens (tertiary/aromatic N) is 1. The molecule has 2 aliphatic heterocycles. The van der Waals surface area contributed by atoms with E-state index in [1.807, 2.05) is 0 Å². The summed E-state index contributed by atoms with van der Waals surface area (Å²) in [4.78, 5) is 28.6. The summed E-state index contributed by atoms with van der Waals surface area (Å²) in [6.45, 7) is 3.28. The summed E-state index contributed by atoms with van der Waals surface area (Å²) in [5.41, 5.74) is 1.41. The van der Waals surface area contributed by atoms with E-state index in [-0.39, 0.29) is 32.5 Å². The molecule has 2 aromatic carbocycles. The number of aryl methyl sites for hydroxylation is 1. The van der Waals surface area contributed by atoms with Crippen LogP contribution in [0.1, 0.15) is 48.8 Å². The SMILES string of the molecule is Cc1ccc(CO[C@@H]2C[C@@H](C(=O)NCc3ccc(F)c(F)c3)N(C(=O)[C@@H](CCC3CCNCC3)NS(C)(=O)=O)C2)c(F)c1. The Labute approximate surface area is 250 Å². The molecule has 9 nitrogen and oxygen atoms in total. The molecule has 236 valence electrons. The van der Waals surface area contributed by atoms with E-state index < -0.39 is 57.5 Å². The van der Waals surface area contributed by atoms with Crippen LogP contribution >= 0.6 is 0 Å². The van der Waals surface area contributed by atoms with E-state index in [0.717, 1.165) is 49.9 Å². The Morgan fingerprint density at radius 2 is 1.81 bits per heavy atom. The molecule has 2 fully saturated rings. The van der Waals surface area contributed by atoms with Gasteiger partial charge in [0, 0.05) is 25.1 Å². The minimum Gasteiger partial charge on any atom is -0.371 e. The summed E-state index contributed by atoms with van der Waals surface area (Å²) in [7, 11) is -3.76. The van der Waals surface area contributed by atoms with Crippen molar-refractivity contribution in [2.45, 2.75) is 70.4 Å². The molecule has 0 aliphatic carbocycles. The van der Waals surface area contributed by atoms with Crippen LogP contribution < -0.4 is 15.4 Å². The van der Waals surface area contributed by atoms with Crippen LogP contribution in [0.2, 0.25) is 0 Å². The number of hydrogen-bond acceptors (Lipinski definition) is 6. The van der Waals surface area contributed by atoms with Gasteiger partial charge in [-0.2, -0.15) is 0 Å². The van der Waals surface area contributed by atoms with Gasteiger partial charge < -0.3 is 20.3 Å². The summed E-state index contributed by atoms with van der Waals surface area (Å²) in [6, 6.07) is 5.93. The first kappa shape index (κ1) is 32.9. The maximum absolute atomic E-state index is 14.4. The molecule has 4 rings (SSSR count). The van der Waals surface area contributed by atoms with Crippen LogP contribution in [0.25, 0.3) is 0 Å². The molecule has 43 heavy (non-hydrogen) atoms. The molecule has 2 aromatic rings. The van der Waals surface area contributed by atoms with Crippen molar-refractivity contribution in [3.05, 3.63) is 70.5 Å². The zero-order valence-corrected chi connectivity index (χ0v) is 25.2. The highest BCUT2D eigenvalue weighted by atomic mass is 32.2. The van der Waals surface area contributed by atoms with Crippen molar-refractivity contribution in [1.82, 2.24) is 20.3 Å². The molecule has 0 spiro atoms. The zero-order valence-electron chi connectivity index (χ0n) is 24.4. The van der Waals surface area contributed by atoms with Gasteiger partial charge in [-0.3, -0.25) is 9.59 Å². The summed E-state index contributed by atoms with van der Waals surface area (Å²) < 4.78 is 74.3. The van der Waals surface area contributed by atoms with Crippen molar-refractivity contribution >= 4 is 21.8 Å². The molecule has 3 atom stereocenters. The molecular weight excluding hydrogens is 585 g/mol. The summed E-state index contributed by atoms with van der Waals surface area (Å²) in [5.74, 6) is -3.26. The molecule has 0 aromatic heterocycles.